The Kier molecular flexibility index (Phi) is 3.82. The van der Waals surface area contributed by atoms with E-state index in [1.165, 1.54) is 0 Å². The molecule has 0 radical (unpaired) electrons. The summed E-state index contributed by atoms with van der Waals surface area (Å²) in [5, 5.41) is 9.13. The lowest BCUT2D eigenvalue weighted by atomic mass is 10.2. The third-order valence-corrected chi connectivity index (χ3v) is 5.16. The zero-order valence-electron chi connectivity index (χ0n) is 9.87. The monoisotopic (exact) mass is 419 g/mol. The van der Waals surface area contributed by atoms with Gasteiger partial charge in [0, 0.05) is 25.1 Å². The van der Waals surface area contributed by atoms with Crippen molar-refractivity contribution in [1.29, 1.82) is 0 Å². The Hall–Kier alpha value is -0.820. The molecular weight excluding hydrogens is 409 g/mol. The molecule has 0 atom stereocenters. The van der Waals surface area contributed by atoms with E-state index in [1.54, 1.807) is 6.07 Å². The van der Waals surface area contributed by atoms with Crippen molar-refractivity contribution in [3.63, 3.8) is 0 Å². The molecule has 3 nitrogen and oxygen atoms in total. The van der Waals surface area contributed by atoms with E-state index in [0.717, 1.165) is 25.1 Å². The Bertz CT molecular complexity index is 634. The van der Waals surface area contributed by atoms with Crippen molar-refractivity contribution < 1.29 is 9.90 Å². The van der Waals surface area contributed by atoms with Gasteiger partial charge in [-0.25, -0.2) is 4.79 Å². The van der Waals surface area contributed by atoms with Gasteiger partial charge in [0.25, 0.3) is 0 Å². The first-order valence-electron chi connectivity index (χ1n) is 5.29. The van der Waals surface area contributed by atoms with Crippen molar-refractivity contribution in [2.75, 3.05) is 0 Å². The molecule has 94 valence electrons. The van der Waals surface area contributed by atoms with Crippen LogP contribution < -0.4 is 0 Å². The number of aryl methyl sites for hydroxylation is 1. The molecule has 18 heavy (non-hydrogen) atoms. The van der Waals surface area contributed by atoms with Crippen LogP contribution in [0.25, 0.3) is 5.69 Å². The molecule has 5 heteroatoms. The van der Waals surface area contributed by atoms with Crippen LogP contribution in [0.5, 0.6) is 0 Å². The molecule has 1 N–H and O–H groups in total. The maximum atomic E-state index is 11.1. The van der Waals surface area contributed by atoms with E-state index in [4.69, 9.17) is 5.11 Å². The highest BCUT2D eigenvalue weighted by atomic mass is 127. The van der Waals surface area contributed by atoms with E-state index in [1.807, 2.05) is 36.6 Å². The van der Waals surface area contributed by atoms with Crippen molar-refractivity contribution in [1.82, 2.24) is 4.57 Å². The predicted molar refractivity (Wildman–Crippen MR) is 82.6 cm³/mol. The number of carboxylic acids is 1. The van der Waals surface area contributed by atoms with Crippen LogP contribution in [0.15, 0.2) is 28.7 Å². The molecule has 2 aromatic rings. The zero-order valence-corrected chi connectivity index (χ0v) is 13.6. The number of benzene rings is 1. The predicted octanol–water partition coefficient (Wildman–Crippen LogP) is 4.16. The molecule has 0 spiro atoms. The summed E-state index contributed by atoms with van der Waals surface area (Å²) in [5.41, 5.74) is 2.97. The average Bonchev–Trinajstić information content (AvgIpc) is 2.59. The van der Waals surface area contributed by atoms with Gasteiger partial charge in [0.15, 0.2) is 0 Å². The standard InChI is InChI=1S/C13H11BrINO2/c1-7-5-10(13(17)18)8(2)16(7)9-3-4-12(15)11(14)6-9/h3-6H,1-2H3,(H,17,18). The lowest BCUT2D eigenvalue weighted by Crippen LogP contribution is -2.02. The number of halogens is 2. The summed E-state index contributed by atoms with van der Waals surface area (Å²) >= 11 is 5.73. The van der Waals surface area contributed by atoms with E-state index < -0.39 is 5.97 Å². The molecule has 1 aromatic heterocycles. The molecule has 0 aliphatic carbocycles. The summed E-state index contributed by atoms with van der Waals surface area (Å²) in [5.74, 6) is -0.890. The van der Waals surface area contributed by atoms with E-state index in [2.05, 4.69) is 38.5 Å². The maximum absolute atomic E-state index is 11.1. The summed E-state index contributed by atoms with van der Waals surface area (Å²) in [6.45, 7) is 3.73. The molecule has 0 aliphatic heterocycles. The highest BCUT2D eigenvalue weighted by Gasteiger charge is 2.15. The molecule has 0 aliphatic rings. The molecule has 1 aromatic carbocycles. The summed E-state index contributed by atoms with van der Waals surface area (Å²) < 4.78 is 4.08. The van der Waals surface area contributed by atoms with Gasteiger partial charge in [0.05, 0.1) is 5.56 Å². The molecule has 0 bridgehead atoms. The van der Waals surface area contributed by atoms with E-state index >= 15 is 0 Å². The molecule has 0 saturated carbocycles. The number of carboxylic acid groups (broad SMARTS) is 1. The second-order valence-corrected chi connectivity index (χ2v) is 6.04. The van der Waals surface area contributed by atoms with Crippen LogP contribution in [-0.4, -0.2) is 15.6 Å². The van der Waals surface area contributed by atoms with Crippen LogP contribution in [0.2, 0.25) is 0 Å². The smallest absolute Gasteiger partial charge is 0.337 e. The Morgan fingerprint density at radius 3 is 2.50 bits per heavy atom. The number of hydrogen-bond acceptors (Lipinski definition) is 1. The van der Waals surface area contributed by atoms with Crippen molar-refractivity contribution in [2.24, 2.45) is 0 Å². The Balaban J connectivity index is 2.64. The molecule has 1 heterocycles. The first-order valence-corrected chi connectivity index (χ1v) is 7.16. The number of nitrogens with zero attached hydrogens (tertiary/aromatic N) is 1. The van der Waals surface area contributed by atoms with E-state index in [0.29, 0.717) is 5.56 Å². The summed E-state index contributed by atoms with van der Waals surface area (Å²) in [4.78, 5) is 11.1. The quantitative estimate of drug-likeness (QED) is 0.742. The van der Waals surface area contributed by atoms with E-state index in [-0.39, 0.29) is 0 Å². The second-order valence-electron chi connectivity index (χ2n) is 4.02. The van der Waals surface area contributed by atoms with Crippen LogP contribution in [0.4, 0.5) is 0 Å². The summed E-state index contributed by atoms with van der Waals surface area (Å²) in [6.07, 6.45) is 0. The molecule has 2 rings (SSSR count). The van der Waals surface area contributed by atoms with Crippen LogP contribution in [0.1, 0.15) is 21.7 Å². The Labute approximate surface area is 127 Å². The number of carbonyl (C=O) groups is 1. The minimum absolute atomic E-state index is 0.349. The van der Waals surface area contributed by atoms with Gasteiger partial charge >= 0.3 is 5.97 Å². The third-order valence-electron chi connectivity index (χ3n) is 2.82. The first kappa shape index (κ1) is 13.6. The van der Waals surface area contributed by atoms with E-state index in [9.17, 15) is 4.79 Å². The summed E-state index contributed by atoms with van der Waals surface area (Å²) in [6, 6.07) is 7.68. The number of rotatable bonds is 2. The minimum atomic E-state index is -0.890. The third kappa shape index (κ3) is 2.33. The van der Waals surface area contributed by atoms with Gasteiger partial charge < -0.3 is 9.67 Å². The summed E-state index contributed by atoms with van der Waals surface area (Å²) in [7, 11) is 0. The van der Waals surface area contributed by atoms with Gasteiger partial charge in [-0.15, -0.1) is 0 Å². The molecule has 0 amide bonds. The first-order chi connectivity index (χ1) is 8.41. The van der Waals surface area contributed by atoms with Crippen molar-refractivity contribution in [2.45, 2.75) is 13.8 Å². The fourth-order valence-corrected chi connectivity index (χ4v) is 2.70. The SMILES string of the molecule is Cc1cc(C(=O)O)c(C)n1-c1ccc(I)c(Br)c1. The number of hydrogen-bond donors (Lipinski definition) is 1. The largest absolute Gasteiger partial charge is 0.478 e. The Morgan fingerprint density at radius 2 is 2.00 bits per heavy atom. The van der Waals surface area contributed by atoms with Gasteiger partial charge in [0.2, 0.25) is 0 Å². The maximum Gasteiger partial charge on any atom is 0.337 e. The number of aromatic nitrogens is 1. The zero-order chi connectivity index (χ0) is 13.4. The molecule has 0 fully saturated rings. The van der Waals surface area contributed by atoms with Crippen LogP contribution in [0.3, 0.4) is 0 Å². The topological polar surface area (TPSA) is 42.2 Å². The minimum Gasteiger partial charge on any atom is -0.478 e. The Morgan fingerprint density at radius 1 is 1.33 bits per heavy atom. The molecule has 0 saturated heterocycles. The highest BCUT2D eigenvalue weighted by Crippen LogP contribution is 2.26. The average molecular weight is 420 g/mol. The lowest BCUT2D eigenvalue weighted by molar-refractivity contribution is 0.0696. The van der Waals surface area contributed by atoms with Gasteiger partial charge in [-0.3, -0.25) is 0 Å². The van der Waals surface area contributed by atoms with Crippen molar-refractivity contribution >= 4 is 44.5 Å². The van der Waals surface area contributed by atoms with Gasteiger partial charge in [-0.05, 0) is 76.6 Å². The lowest BCUT2D eigenvalue weighted by Gasteiger charge is -2.10. The normalized spacial score (nSPS) is 10.7. The fraction of sp³-hybridized carbons (Fsp3) is 0.154. The van der Waals surface area contributed by atoms with Crippen LogP contribution in [0, 0.1) is 17.4 Å². The van der Waals surface area contributed by atoms with Gasteiger partial charge in [0.1, 0.15) is 0 Å². The fourth-order valence-electron chi connectivity index (χ4n) is 2.00. The molecule has 0 unspecified atom stereocenters. The van der Waals surface area contributed by atoms with Gasteiger partial charge in [-0.2, -0.15) is 0 Å². The van der Waals surface area contributed by atoms with Crippen LogP contribution >= 0.6 is 38.5 Å². The van der Waals surface area contributed by atoms with Crippen molar-refractivity contribution in [3.05, 3.63) is 49.3 Å². The van der Waals surface area contributed by atoms with Crippen molar-refractivity contribution in [3.8, 4) is 5.69 Å². The highest BCUT2D eigenvalue weighted by molar-refractivity contribution is 14.1. The number of aromatic carboxylic acids is 1. The second kappa shape index (κ2) is 5.05. The van der Waals surface area contributed by atoms with Crippen LogP contribution in [-0.2, 0) is 0 Å². The molecular formula is C13H11BrINO2. The van der Waals surface area contributed by atoms with Gasteiger partial charge in [-0.1, -0.05) is 0 Å².